The van der Waals surface area contributed by atoms with Crippen molar-refractivity contribution >= 4 is 77.3 Å². The number of carbonyl (C=O) groups excluding carboxylic acids is 6. The second-order valence-corrected chi connectivity index (χ2v) is 17.5. The molecule has 0 radical (unpaired) electrons. The van der Waals surface area contributed by atoms with Crippen LogP contribution in [-0.4, -0.2) is 108 Å². The summed E-state index contributed by atoms with van der Waals surface area (Å²) >= 11 is 3.78. The van der Waals surface area contributed by atoms with Crippen molar-refractivity contribution in [3.05, 3.63) is 29.3 Å². The minimum Gasteiger partial charge on any atom is -0.399 e. The fourth-order valence-electron chi connectivity index (χ4n) is 7.56. The summed E-state index contributed by atoms with van der Waals surface area (Å²) in [5.41, 5.74) is 7.01. The molecule has 1 aromatic rings. The second kappa shape index (κ2) is 23.6. The number of amides is 8. The molecule has 5 rings (SSSR count). The predicted octanol–water partition coefficient (Wildman–Crippen LogP) is 3.17. The van der Waals surface area contributed by atoms with Crippen LogP contribution < -0.4 is 48.3 Å². The van der Waals surface area contributed by atoms with Gasteiger partial charge in [0.05, 0.1) is 24.2 Å². The highest BCUT2D eigenvalue weighted by Gasteiger charge is 2.43. The van der Waals surface area contributed by atoms with Crippen LogP contribution in [0.15, 0.2) is 18.2 Å². The number of nitrogen functional groups attached to an aromatic ring is 1. The van der Waals surface area contributed by atoms with Crippen LogP contribution >= 0.6 is 35.9 Å². The summed E-state index contributed by atoms with van der Waals surface area (Å²) in [7, 11) is 0. The van der Waals surface area contributed by atoms with E-state index >= 15 is 0 Å². The molecule has 4 saturated heterocycles. The summed E-state index contributed by atoms with van der Waals surface area (Å²) in [6.45, 7) is 2.14. The van der Waals surface area contributed by atoms with E-state index in [0.29, 0.717) is 66.3 Å². The SMILES string of the molecule is Cl.Nc1cc(C(=O)NCCCCCNC(=O)CCCC[C@@H]2SC[C@@H]3NC(=O)N[C@@H]32)cc(C(=O)NCCCCCNC(=O)CCCC[C@@H]2SC[C@@H]3NC(=O)N[C@@H]32)c1. The number of rotatable bonds is 24. The van der Waals surface area contributed by atoms with Crippen molar-refractivity contribution in [1.29, 1.82) is 0 Å². The highest BCUT2D eigenvalue weighted by molar-refractivity contribution is 8.00. The van der Waals surface area contributed by atoms with Crippen molar-refractivity contribution in [2.45, 2.75) is 125 Å². The van der Waals surface area contributed by atoms with E-state index < -0.39 is 0 Å². The number of anilines is 1. The molecule has 18 heteroatoms. The first-order valence-electron chi connectivity index (χ1n) is 20.0. The number of carbonyl (C=O) groups is 6. The fraction of sp³-hybridized carbons (Fsp3) is 0.684. The van der Waals surface area contributed by atoms with Crippen LogP contribution in [0.25, 0.3) is 0 Å². The van der Waals surface area contributed by atoms with Gasteiger partial charge in [-0.15, -0.1) is 12.4 Å². The first kappa shape index (κ1) is 45.1. The molecule has 4 aliphatic heterocycles. The lowest BCUT2D eigenvalue weighted by Gasteiger charge is -2.16. The van der Waals surface area contributed by atoms with Crippen LogP contribution in [0.3, 0.4) is 0 Å². The Balaban J connectivity index is 0.00000696. The standard InChI is InChI=1S/C38H59N9O6S2.ClH/c39-26-20-24(35(50)42-17-9-1-7-15-40-31(48)13-5-3-11-29-33-27(22-54-29)44-37(52)46-33)19-25(21-26)36(51)43-18-10-2-8-16-41-32(49)14-6-4-12-30-34-28(23-55-30)45-38(53)47-34;/h19-21,27-30,33-34H,1-18,22-23,39H2,(H,40,48)(H,41,49)(H,42,50)(H,43,51)(H2,44,46,52)(H2,45,47,53);1H/t27-,28-,29-,30-,33-,34-;/m0./s1. The number of hydrogen-bond donors (Lipinski definition) is 9. The third-order valence-corrected chi connectivity index (χ3v) is 13.6. The molecule has 0 aliphatic carbocycles. The van der Waals surface area contributed by atoms with Gasteiger partial charge >= 0.3 is 12.1 Å². The van der Waals surface area contributed by atoms with Crippen LogP contribution in [0.2, 0.25) is 0 Å². The molecule has 10 N–H and O–H groups in total. The Morgan fingerprint density at radius 3 is 1.41 bits per heavy atom. The molecule has 4 heterocycles. The molecule has 0 bridgehead atoms. The lowest BCUT2D eigenvalue weighted by Crippen LogP contribution is -2.36. The molecule has 6 atom stereocenters. The molecule has 4 fully saturated rings. The van der Waals surface area contributed by atoms with Crippen LogP contribution in [0, 0.1) is 0 Å². The van der Waals surface area contributed by atoms with Gasteiger partial charge in [-0.3, -0.25) is 19.2 Å². The fourth-order valence-corrected chi connectivity index (χ4v) is 10.6. The maximum atomic E-state index is 12.8. The predicted molar refractivity (Wildman–Crippen MR) is 224 cm³/mol. The van der Waals surface area contributed by atoms with Crippen molar-refractivity contribution < 1.29 is 28.8 Å². The van der Waals surface area contributed by atoms with E-state index in [4.69, 9.17) is 5.73 Å². The Morgan fingerprint density at radius 1 is 0.571 bits per heavy atom. The number of halogens is 1. The number of nitrogens with one attached hydrogen (secondary N) is 8. The molecular weight excluding hydrogens is 778 g/mol. The molecule has 56 heavy (non-hydrogen) atoms. The molecule has 0 unspecified atom stereocenters. The highest BCUT2D eigenvalue weighted by atomic mass is 35.5. The molecule has 1 aromatic carbocycles. The summed E-state index contributed by atoms with van der Waals surface area (Å²) in [6, 6.07) is 5.37. The summed E-state index contributed by atoms with van der Waals surface area (Å²) in [6.07, 6.45) is 11.4. The van der Waals surface area contributed by atoms with E-state index in [1.807, 2.05) is 23.5 Å². The van der Waals surface area contributed by atoms with Gasteiger partial charge < -0.3 is 48.3 Å². The summed E-state index contributed by atoms with van der Waals surface area (Å²) in [4.78, 5) is 73.1. The van der Waals surface area contributed by atoms with Crippen LogP contribution in [0.5, 0.6) is 0 Å². The zero-order valence-electron chi connectivity index (χ0n) is 32.1. The van der Waals surface area contributed by atoms with Crippen LogP contribution in [0.4, 0.5) is 15.3 Å². The summed E-state index contributed by atoms with van der Waals surface area (Å²) < 4.78 is 0. The first-order valence-corrected chi connectivity index (χ1v) is 22.1. The molecule has 0 spiro atoms. The van der Waals surface area contributed by atoms with E-state index in [0.717, 1.165) is 88.6 Å². The second-order valence-electron chi connectivity index (χ2n) is 14.9. The van der Waals surface area contributed by atoms with Gasteiger partial charge in [0.15, 0.2) is 0 Å². The van der Waals surface area contributed by atoms with Crippen molar-refractivity contribution in [3.63, 3.8) is 0 Å². The zero-order chi connectivity index (χ0) is 39.0. The quantitative estimate of drug-likeness (QED) is 0.0423. The van der Waals surface area contributed by atoms with Gasteiger partial charge in [0.2, 0.25) is 11.8 Å². The number of urea groups is 2. The number of hydrogen-bond acceptors (Lipinski definition) is 9. The topological polar surface area (TPSA) is 225 Å². The summed E-state index contributed by atoms with van der Waals surface area (Å²) in [5, 5.41) is 24.5. The third-order valence-electron chi connectivity index (χ3n) is 10.6. The van der Waals surface area contributed by atoms with E-state index in [2.05, 4.69) is 42.5 Å². The number of fused-ring (bicyclic) bond motifs is 2. The Labute approximate surface area is 344 Å². The first-order chi connectivity index (χ1) is 26.7. The van der Waals surface area contributed by atoms with Gasteiger partial charge in [0, 0.05) is 77.8 Å². The molecule has 4 aliphatic rings. The molecule has 8 amide bonds. The largest absolute Gasteiger partial charge is 0.399 e. The van der Waals surface area contributed by atoms with Crippen molar-refractivity contribution in [3.8, 4) is 0 Å². The van der Waals surface area contributed by atoms with E-state index in [9.17, 15) is 28.8 Å². The van der Waals surface area contributed by atoms with Crippen LogP contribution in [-0.2, 0) is 9.59 Å². The monoisotopic (exact) mass is 837 g/mol. The highest BCUT2D eigenvalue weighted by Crippen LogP contribution is 2.34. The van der Waals surface area contributed by atoms with Crippen molar-refractivity contribution in [2.75, 3.05) is 43.4 Å². The Morgan fingerprint density at radius 2 is 0.982 bits per heavy atom. The van der Waals surface area contributed by atoms with E-state index in [1.165, 1.54) is 0 Å². The molecule has 15 nitrogen and oxygen atoms in total. The average Bonchev–Trinajstić information content (AvgIpc) is 3.92. The summed E-state index contributed by atoms with van der Waals surface area (Å²) in [5.74, 6) is 1.41. The van der Waals surface area contributed by atoms with Crippen LogP contribution in [0.1, 0.15) is 111 Å². The molecular formula is C38H60ClN9O6S2. The maximum absolute atomic E-state index is 12.8. The lowest BCUT2D eigenvalue weighted by atomic mass is 10.0. The average molecular weight is 839 g/mol. The van der Waals surface area contributed by atoms with Gasteiger partial charge in [-0.25, -0.2) is 9.59 Å². The van der Waals surface area contributed by atoms with Gasteiger partial charge in [0.1, 0.15) is 0 Å². The van der Waals surface area contributed by atoms with Gasteiger partial charge in [-0.05, 0) is 82.4 Å². The minimum absolute atomic E-state index is 0. The normalized spacial score (nSPS) is 23.1. The van der Waals surface area contributed by atoms with Crippen molar-refractivity contribution in [2.24, 2.45) is 0 Å². The lowest BCUT2D eigenvalue weighted by molar-refractivity contribution is -0.122. The van der Waals surface area contributed by atoms with E-state index in [-0.39, 0.29) is 72.3 Å². The number of benzene rings is 1. The van der Waals surface area contributed by atoms with Crippen molar-refractivity contribution in [1.82, 2.24) is 42.5 Å². The molecule has 0 saturated carbocycles. The number of nitrogens with two attached hydrogens (primary N) is 1. The molecule has 0 aromatic heterocycles. The number of thioether (sulfide) groups is 2. The van der Waals surface area contributed by atoms with Gasteiger partial charge in [-0.2, -0.15) is 23.5 Å². The molecule has 312 valence electrons. The Bertz CT molecular complexity index is 1400. The maximum Gasteiger partial charge on any atom is 0.315 e. The minimum atomic E-state index is -0.294. The van der Waals surface area contributed by atoms with E-state index in [1.54, 1.807) is 18.2 Å². The number of unbranched alkanes of at least 4 members (excludes halogenated alkanes) is 6. The zero-order valence-corrected chi connectivity index (χ0v) is 34.5. The van der Waals surface area contributed by atoms with Gasteiger partial charge in [-0.1, -0.05) is 12.8 Å². The third kappa shape index (κ3) is 14.4. The Hall–Kier alpha value is -3.57. The van der Waals surface area contributed by atoms with Gasteiger partial charge in [0.25, 0.3) is 11.8 Å². The Kier molecular flexibility index (Phi) is 19.0. The smallest absolute Gasteiger partial charge is 0.315 e.